The monoisotopic (exact) mass is 331 g/mol. The third-order valence-corrected chi connectivity index (χ3v) is 5.49. The fraction of sp³-hybridized carbons (Fsp3) is 0.632. The highest BCUT2D eigenvalue weighted by atomic mass is 16.3. The first-order chi connectivity index (χ1) is 11.5. The van der Waals surface area contributed by atoms with Crippen LogP contribution in [-0.2, 0) is 4.79 Å². The Morgan fingerprint density at radius 3 is 2.46 bits per heavy atom. The van der Waals surface area contributed by atoms with Gasteiger partial charge in [0.05, 0.1) is 6.10 Å². The predicted molar refractivity (Wildman–Crippen MR) is 94.6 cm³/mol. The number of piperazine rings is 1. The number of benzene rings is 1. The number of hydrogen-bond acceptors (Lipinski definition) is 4. The van der Waals surface area contributed by atoms with Crippen LogP contribution in [0, 0.1) is 5.92 Å². The van der Waals surface area contributed by atoms with Crippen molar-refractivity contribution in [3.8, 4) is 0 Å². The van der Waals surface area contributed by atoms with Crippen LogP contribution in [0.4, 0.5) is 0 Å². The van der Waals surface area contributed by atoms with Crippen LogP contribution in [0.2, 0.25) is 0 Å². The minimum absolute atomic E-state index is 0.182. The third kappa shape index (κ3) is 3.97. The van der Waals surface area contributed by atoms with Crippen molar-refractivity contribution in [3.63, 3.8) is 0 Å². The van der Waals surface area contributed by atoms with Crippen molar-refractivity contribution in [2.45, 2.75) is 26.0 Å². The SMILES string of the molecule is CC(=O)N1CCN([C@@H]2CN(C[C@@H](O)c3ccccc3)C[C@H]2C)CC1. The minimum Gasteiger partial charge on any atom is -0.387 e. The first kappa shape index (κ1) is 17.4. The van der Waals surface area contributed by atoms with Gasteiger partial charge in [-0.15, -0.1) is 0 Å². The maximum atomic E-state index is 11.5. The van der Waals surface area contributed by atoms with Crippen LogP contribution in [0.25, 0.3) is 0 Å². The van der Waals surface area contributed by atoms with Crippen molar-refractivity contribution in [2.75, 3.05) is 45.8 Å². The van der Waals surface area contributed by atoms with E-state index in [-0.39, 0.29) is 5.91 Å². The molecule has 132 valence electrons. The molecule has 24 heavy (non-hydrogen) atoms. The Labute approximate surface area is 144 Å². The number of amides is 1. The molecule has 5 heteroatoms. The van der Waals surface area contributed by atoms with Gasteiger partial charge < -0.3 is 10.0 Å². The first-order valence-electron chi connectivity index (χ1n) is 8.99. The maximum absolute atomic E-state index is 11.5. The highest BCUT2D eigenvalue weighted by molar-refractivity contribution is 5.73. The average Bonchev–Trinajstić information content (AvgIpc) is 2.96. The maximum Gasteiger partial charge on any atom is 0.219 e. The first-order valence-corrected chi connectivity index (χ1v) is 8.99. The molecule has 0 aromatic heterocycles. The van der Waals surface area contributed by atoms with Gasteiger partial charge in [-0.2, -0.15) is 0 Å². The lowest BCUT2D eigenvalue weighted by Crippen LogP contribution is -2.53. The van der Waals surface area contributed by atoms with Crippen molar-refractivity contribution in [1.82, 2.24) is 14.7 Å². The smallest absolute Gasteiger partial charge is 0.219 e. The van der Waals surface area contributed by atoms with E-state index in [4.69, 9.17) is 0 Å². The summed E-state index contributed by atoms with van der Waals surface area (Å²) in [4.78, 5) is 18.3. The zero-order valence-electron chi connectivity index (χ0n) is 14.8. The van der Waals surface area contributed by atoms with E-state index in [1.165, 1.54) is 0 Å². The number of aliphatic hydroxyl groups excluding tert-OH is 1. The molecule has 0 saturated carbocycles. The predicted octanol–water partition coefficient (Wildman–Crippen LogP) is 1.20. The Balaban J connectivity index is 1.52. The van der Waals surface area contributed by atoms with Crippen LogP contribution in [0.1, 0.15) is 25.5 Å². The van der Waals surface area contributed by atoms with E-state index in [1.54, 1.807) is 6.92 Å². The Morgan fingerprint density at radius 1 is 1.17 bits per heavy atom. The van der Waals surface area contributed by atoms with Crippen LogP contribution in [0.15, 0.2) is 30.3 Å². The van der Waals surface area contributed by atoms with E-state index < -0.39 is 6.10 Å². The zero-order chi connectivity index (χ0) is 17.1. The number of β-amino-alcohol motifs (C(OH)–C–C–N with tert-alkyl or cyclic N) is 1. The van der Waals surface area contributed by atoms with E-state index in [0.717, 1.165) is 44.8 Å². The summed E-state index contributed by atoms with van der Waals surface area (Å²) in [5, 5.41) is 10.5. The summed E-state index contributed by atoms with van der Waals surface area (Å²) in [5.41, 5.74) is 0.990. The average molecular weight is 331 g/mol. The minimum atomic E-state index is -0.424. The molecule has 3 rings (SSSR count). The molecule has 2 saturated heterocycles. The van der Waals surface area contributed by atoms with Crippen LogP contribution in [0.5, 0.6) is 0 Å². The lowest BCUT2D eigenvalue weighted by Gasteiger charge is -2.39. The lowest BCUT2D eigenvalue weighted by molar-refractivity contribution is -0.130. The lowest BCUT2D eigenvalue weighted by atomic mass is 10.0. The van der Waals surface area contributed by atoms with Crippen molar-refractivity contribution < 1.29 is 9.90 Å². The molecule has 5 nitrogen and oxygen atoms in total. The fourth-order valence-corrected chi connectivity index (χ4v) is 4.07. The normalized spacial score (nSPS) is 27.4. The molecule has 0 aliphatic carbocycles. The van der Waals surface area contributed by atoms with Gasteiger partial charge in [0.1, 0.15) is 0 Å². The Morgan fingerprint density at radius 2 is 1.83 bits per heavy atom. The van der Waals surface area contributed by atoms with Gasteiger partial charge in [-0.05, 0) is 11.5 Å². The van der Waals surface area contributed by atoms with Gasteiger partial charge in [0, 0.05) is 58.8 Å². The molecule has 2 aliphatic heterocycles. The van der Waals surface area contributed by atoms with Crippen molar-refractivity contribution >= 4 is 5.91 Å². The summed E-state index contributed by atoms with van der Waals surface area (Å²) in [6.45, 7) is 10.3. The number of rotatable bonds is 4. The summed E-state index contributed by atoms with van der Waals surface area (Å²) >= 11 is 0. The molecular weight excluding hydrogens is 302 g/mol. The molecule has 1 aromatic rings. The molecule has 2 fully saturated rings. The highest BCUT2D eigenvalue weighted by Crippen LogP contribution is 2.25. The zero-order valence-corrected chi connectivity index (χ0v) is 14.8. The molecule has 0 spiro atoms. The molecule has 3 atom stereocenters. The van der Waals surface area contributed by atoms with E-state index in [9.17, 15) is 9.90 Å². The largest absolute Gasteiger partial charge is 0.387 e. The molecule has 1 amide bonds. The molecule has 2 heterocycles. The number of carbonyl (C=O) groups excluding carboxylic acids is 1. The standard InChI is InChI=1S/C19H29N3O2/c1-15-12-20(14-19(24)17-6-4-3-5-7-17)13-18(15)22-10-8-21(9-11-22)16(2)23/h3-7,15,18-19,24H,8-14H2,1-2H3/t15-,18-,19-/m1/s1. The van der Waals surface area contributed by atoms with E-state index in [0.29, 0.717) is 18.5 Å². The number of aliphatic hydroxyl groups is 1. The Hall–Kier alpha value is -1.43. The van der Waals surface area contributed by atoms with Crippen molar-refractivity contribution in [2.24, 2.45) is 5.92 Å². The quantitative estimate of drug-likeness (QED) is 0.901. The number of likely N-dealkylation sites (tertiary alicyclic amines) is 1. The number of carbonyl (C=O) groups is 1. The van der Waals surface area contributed by atoms with Gasteiger partial charge in [-0.3, -0.25) is 14.6 Å². The van der Waals surface area contributed by atoms with E-state index in [1.807, 2.05) is 35.2 Å². The Bertz CT molecular complexity index is 543. The summed E-state index contributed by atoms with van der Waals surface area (Å²) in [6, 6.07) is 10.4. The topological polar surface area (TPSA) is 47.0 Å². The van der Waals surface area contributed by atoms with E-state index in [2.05, 4.69) is 16.7 Å². The van der Waals surface area contributed by atoms with Crippen LogP contribution >= 0.6 is 0 Å². The number of nitrogens with zero attached hydrogens (tertiary/aromatic N) is 3. The van der Waals surface area contributed by atoms with Crippen LogP contribution in [0.3, 0.4) is 0 Å². The second-order valence-corrected chi connectivity index (χ2v) is 7.23. The second kappa shape index (κ2) is 7.64. The van der Waals surface area contributed by atoms with Crippen LogP contribution < -0.4 is 0 Å². The van der Waals surface area contributed by atoms with Crippen molar-refractivity contribution in [3.05, 3.63) is 35.9 Å². The van der Waals surface area contributed by atoms with Gasteiger partial charge in [-0.1, -0.05) is 37.3 Å². The van der Waals surface area contributed by atoms with Gasteiger partial charge in [0.2, 0.25) is 5.91 Å². The highest BCUT2D eigenvalue weighted by Gasteiger charge is 2.36. The number of hydrogen-bond donors (Lipinski definition) is 1. The molecule has 0 bridgehead atoms. The van der Waals surface area contributed by atoms with Gasteiger partial charge in [0.15, 0.2) is 0 Å². The van der Waals surface area contributed by atoms with Crippen molar-refractivity contribution in [1.29, 1.82) is 0 Å². The molecule has 2 aliphatic rings. The third-order valence-electron chi connectivity index (χ3n) is 5.49. The van der Waals surface area contributed by atoms with Gasteiger partial charge in [0.25, 0.3) is 0 Å². The molecule has 0 radical (unpaired) electrons. The van der Waals surface area contributed by atoms with Crippen LogP contribution in [-0.4, -0.2) is 77.6 Å². The molecular formula is C19H29N3O2. The summed E-state index contributed by atoms with van der Waals surface area (Å²) in [7, 11) is 0. The molecule has 1 N–H and O–H groups in total. The fourth-order valence-electron chi connectivity index (χ4n) is 4.07. The Kier molecular flexibility index (Phi) is 5.54. The molecule has 1 aromatic carbocycles. The second-order valence-electron chi connectivity index (χ2n) is 7.23. The van der Waals surface area contributed by atoms with Gasteiger partial charge in [-0.25, -0.2) is 0 Å². The molecule has 0 unspecified atom stereocenters. The van der Waals surface area contributed by atoms with E-state index >= 15 is 0 Å². The summed E-state index contributed by atoms with van der Waals surface area (Å²) < 4.78 is 0. The summed E-state index contributed by atoms with van der Waals surface area (Å²) in [6.07, 6.45) is -0.424. The van der Waals surface area contributed by atoms with Gasteiger partial charge >= 0.3 is 0 Å². The summed E-state index contributed by atoms with van der Waals surface area (Å²) in [5.74, 6) is 0.776.